The zero-order valence-corrected chi connectivity index (χ0v) is 9.87. The number of hydrogen-bond acceptors (Lipinski definition) is 3. The quantitative estimate of drug-likeness (QED) is 0.828. The Kier molecular flexibility index (Phi) is 4.18. The van der Waals surface area contributed by atoms with Gasteiger partial charge in [-0.05, 0) is 36.0 Å². The highest BCUT2D eigenvalue weighted by atomic mass is 35.5. The summed E-state index contributed by atoms with van der Waals surface area (Å²) in [5.41, 5.74) is 2.22. The molecule has 0 spiro atoms. The maximum absolute atomic E-state index is 6.26. The second-order valence-corrected chi connectivity index (χ2v) is 4.46. The lowest BCUT2D eigenvalue weighted by Gasteiger charge is -2.23. The molecule has 1 saturated heterocycles. The van der Waals surface area contributed by atoms with Crippen molar-refractivity contribution in [2.24, 2.45) is 5.90 Å². The fraction of sp³-hybridized carbons (Fsp3) is 0.500. The van der Waals surface area contributed by atoms with Gasteiger partial charge >= 0.3 is 0 Å². The average Bonchev–Trinajstić information content (AvgIpc) is 2.31. The van der Waals surface area contributed by atoms with Crippen molar-refractivity contribution < 1.29 is 9.57 Å². The molecule has 1 aromatic carbocycles. The highest BCUT2D eigenvalue weighted by molar-refractivity contribution is 6.31. The molecule has 1 aromatic rings. The van der Waals surface area contributed by atoms with Gasteiger partial charge in [0, 0.05) is 18.2 Å². The number of hydrogen-bond donors (Lipinski definition) is 1. The topological polar surface area (TPSA) is 44.5 Å². The molecule has 0 aromatic heterocycles. The minimum atomic E-state index is 0.397. The molecule has 0 aliphatic carbocycles. The number of ether oxygens (including phenoxy) is 1. The molecule has 0 radical (unpaired) electrons. The molecule has 2 rings (SSSR count). The van der Waals surface area contributed by atoms with Gasteiger partial charge in [-0.2, -0.15) is 0 Å². The first-order chi connectivity index (χ1) is 7.81. The van der Waals surface area contributed by atoms with Gasteiger partial charge < -0.3 is 4.74 Å². The molecular weight excluding hydrogens is 226 g/mol. The van der Waals surface area contributed by atoms with Gasteiger partial charge in [0.1, 0.15) is 0 Å². The SMILES string of the molecule is NOCc1ccc(C2CCOCC2)c(Cl)c1. The van der Waals surface area contributed by atoms with Crippen LogP contribution in [0.5, 0.6) is 0 Å². The normalized spacial score (nSPS) is 17.6. The second-order valence-electron chi connectivity index (χ2n) is 4.05. The molecule has 88 valence electrons. The van der Waals surface area contributed by atoms with Crippen LogP contribution in [0.1, 0.15) is 29.9 Å². The number of halogens is 1. The van der Waals surface area contributed by atoms with Crippen LogP contribution in [0.4, 0.5) is 0 Å². The van der Waals surface area contributed by atoms with Gasteiger partial charge in [-0.1, -0.05) is 23.7 Å². The Morgan fingerprint density at radius 1 is 1.38 bits per heavy atom. The largest absolute Gasteiger partial charge is 0.381 e. The van der Waals surface area contributed by atoms with Crippen molar-refractivity contribution in [1.82, 2.24) is 0 Å². The number of rotatable bonds is 3. The van der Waals surface area contributed by atoms with Crippen molar-refractivity contribution >= 4 is 11.6 Å². The molecule has 1 aliphatic rings. The summed E-state index contributed by atoms with van der Waals surface area (Å²) in [6.45, 7) is 2.05. The Morgan fingerprint density at radius 2 is 2.12 bits per heavy atom. The summed E-state index contributed by atoms with van der Waals surface area (Å²) in [5, 5.41) is 0.807. The molecule has 1 heterocycles. The number of nitrogens with two attached hydrogens (primary N) is 1. The molecule has 0 unspecified atom stereocenters. The van der Waals surface area contributed by atoms with E-state index in [9.17, 15) is 0 Å². The standard InChI is InChI=1S/C12H16ClNO2/c13-12-7-9(8-16-14)1-2-11(12)10-3-5-15-6-4-10/h1-2,7,10H,3-6,8,14H2. The lowest BCUT2D eigenvalue weighted by atomic mass is 9.91. The molecule has 0 saturated carbocycles. The van der Waals surface area contributed by atoms with E-state index < -0.39 is 0 Å². The minimum absolute atomic E-state index is 0.397. The second kappa shape index (κ2) is 5.64. The van der Waals surface area contributed by atoms with Crippen LogP contribution >= 0.6 is 11.6 Å². The molecule has 2 N–H and O–H groups in total. The van der Waals surface area contributed by atoms with Gasteiger partial charge in [0.05, 0.1) is 6.61 Å². The molecular formula is C12H16ClNO2. The summed E-state index contributed by atoms with van der Waals surface area (Å²) in [7, 11) is 0. The minimum Gasteiger partial charge on any atom is -0.381 e. The van der Waals surface area contributed by atoms with Crippen LogP contribution in [0, 0.1) is 0 Å². The smallest absolute Gasteiger partial charge is 0.0930 e. The van der Waals surface area contributed by atoms with Crippen LogP contribution in [0.2, 0.25) is 5.02 Å². The van der Waals surface area contributed by atoms with Gasteiger partial charge in [-0.25, -0.2) is 5.90 Å². The summed E-state index contributed by atoms with van der Waals surface area (Å²) >= 11 is 6.26. The van der Waals surface area contributed by atoms with Crippen molar-refractivity contribution in [3.63, 3.8) is 0 Å². The van der Waals surface area contributed by atoms with E-state index in [4.69, 9.17) is 22.2 Å². The monoisotopic (exact) mass is 241 g/mol. The van der Waals surface area contributed by atoms with Crippen molar-refractivity contribution in [3.8, 4) is 0 Å². The predicted octanol–water partition coefficient (Wildman–Crippen LogP) is 2.62. The summed E-state index contributed by atoms with van der Waals surface area (Å²) in [6.07, 6.45) is 2.10. The van der Waals surface area contributed by atoms with Crippen molar-refractivity contribution in [3.05, 3.63) is 34.3 Å². The van der Waals surface area contributed by atoms with Gasteiger partial charge in [-0.3, -0.25) is 4.84 Å². The maximum Gasteiger partial charge on any atom is 0.0930 e. The van der Waals surface area contributed by atoms with Crippen LogP contribution < -0.4 is 5.90 Å². The summed E-state index contributed by atoms with van der Waals surface area (Å²) < 4.78 is 5.34. The van der Waals surface area contributed by atoms with Gasteiger partial charge in [0.2, 0.25) is 0 Å². The van der Waals surface area contributed by atoms with Gasteiger partial charge in [0.15, 0.2) is 0 Å². The summed E-state index contributed by atoms with van der Waals surface area (Å²) in [4.78, 5) is 4.59. The van der Waals surface area contributed by atoms with E-state index in [1.807, 2.05) is 12.1 Å². The highest BCUT2D eigenvalue weighted by Crippen LogP contribution is 2.32. The molecule has 0 atom stereocenters. The Hall–Kier alpha value is -0.610. The van der Waals surface area contributed by atoms with Gasteiger partial charge in [-0.15, -0.1) is 0 Å². The Morgan fingerprint density at radius 3 is 2.75 bits per heavy atom. The van der Waals surface area contributed by atoms with E-state index in [0.717, 1.165) is 36.6 Å². The van der Waals surface area contributed by atoms with Crippen LogP contribution in [0.15, 0.2) is 18.2 Å². The Labute approximate surface area is 100 Å². The van der Waals surface area contributed by atoms with E-state index in [1.165, 1.54) is 5.56 Å². The molecule has 1 fully saturated rings. The Balaban J connectivity index is 2.14. The lowest BCUT2D eigenvalue weighted by Crippen LogP contribution is -2.14. The third-order valence-electron chi connectivity index (χ3n) is 2.98. The zero-order valence-electron chi connectivity index (χ0n) is 9.12. The molecule has 16 heavy (non-hydrogen) atoms. The lowest BCUT2D eigenvalue weighted by molar-refractivity contribution is 0.0853. The van der Waals surface area contributed by atoms with Crippen LogP contribution in [0.25, 0.3) is 0 Å². The molecule has 3 nitrogen and oxygen atoms in total. The maximum atomic E-state index is 6.26. The van der Waals surface area contributed by atoms with E-state index in [2.05, 4.69) is 10.9 Å². The van der Waals surface area contributed by atoms with E-state index in [-0.39, 0.29) is 0 Å². The van der Waals surface area contributed by atoms with E-state index >= 15 is 0 Å². The predicted molar refractivity (Wildman–Crippen MR) is 63.2 cm³/mol. The molecule has 0 bridgehead atoms. The zero-order chi connectivity index (χ0) is 11.4. The van der Waals surface area contributed by atoms with Crippen molar-refractivity contribution in [2.75, 3.05) is 13.2 Å². The first-order valence-electron chi connectivity index (χ1n) is 5.49. The first-order valence-corrected chi connectivity index (χ1v) is 5.87. The third kappa shape index (κ3) is 2.74. The molecule has 0 amide bonds. The van der Waals surface area contributed by atoms with Crippen molar-refractivity contribution in [1.29, 1.82) is 0 Å². The van der Waals surface area contributed by atoms with Crippen LogP contribution in [-0.2, 0) is 16.2 Å². The van der Waals surface area contributed by atoms with Crippen LogP contribution in [0.3, 0.4) is 0 Å². The van der Waals surface area contributed by atoms with Crippen molar-refractivity contribution in [2.45, 2.75) is 25.4 Å². The number of benzene rings is 1. The average molecular weight is 242 g/mol. The summed E-state index contributed by atoms with van der Waals surface area (Å²) in [6, 6.07) is 6.02. The fourth-order valence-electron chi connectivity index (χ4n) is 2.10. The van der Waals surface area contributed by atoms with E-state index in [1.54, 1.807) is 0 Å². The Bertz CT molecular complexity index is 351. The first kappa shape index (κ1) is 11.9. The fourth-order valence-corrected chi connectivity index (χ4v) is 2.45. The molecule has 1 aliphatic heterocycles. The highest BCUT2D eigenvalue weighted by Gasteiger charge is 2.18. The summed E-state index contributed by atoms with van der Waals surface area (Å²) in [5.74, 6) is 5.55. The third-order valence-corrected chi connectivity index (χ3v) is 3.30. The van der Waals surface area contributed by atoms with Gasteiger partial charge in [0.25, 0.3) is 0 Å². The van der Waals surface area contributed by atoms with Crippen LogP contribution in [-0.4, -0.2) is 13.2 Å². The molecule has 4 heteroatoms. The van der Waals surface area contributed by atoms with E-state index in [0.29, 0.717) is 12.5 Å².